The number of fused-ring (bicyclic) bond motifs is 1. The molecule has 0 spiro atoms. The van der Waals surface area contributed by atoms with E-state index in [2.05, 4.69) is 32.6 Å². The minimum atomic E-state index is -3.22. The lowest BCUT2D eigenvalue weighted by Crippen LogP contribution is -2.38. The van der Waals surface area contributed by atoms with E-state index in [9.17, 15) is 15.3 Å². The number of aliphatic hydroxyl groups excluding tert-OH is 2. The Kier molecular flexibility index (Phi) is 5.18. The highest BCUT2D eigenvalue weighted by Crippen LogP contribution is 2.60. The van der Waals surface area contributed by atoms with Crippen LogP contribution in [0.3, 0.4) is 0 Å². The molecule has 3 heteroatoms. The molecule has 0 heterocycles. The van der Waals surface area contributed by atoms with Crippen molar-refractivity contribution >= 4 is 0 Å². The molecule has 30 heavy (non-hydrogen) atoms. The van der Waals surface area contributed by atoms with Gasteiger partial charge in [0.05, 0.1) is 17.8 Å². The lowest BCUT2D eigenvalue weighted by molar-refractivity contribution is -0.0554. The number of hydrogen-bond donors (Lipinski definition) is 3. The summed E-state index contributed by atoms with van der Waals surface area (Å²) in [5.74, 6) is 0.966. The molecule has 3 nitrogen and oxygen atoms in total. The normalized spacial score (nSPS) is 41.2. The van der Waals surface area contributed by atoms with E-state index in [1.807, 2.05) is 0 Å². The van der Waals surface area contributed by atoms with Crippen LogP contribution in [0.15, 0.2) is 35.5 Å². The highest BCUT2D eigenvalue weighted by molar-refractivity contribution is 5.36. The molecule has 0 radical (unpaired) electrons. The molecular weight excluding hydrogens is 372 g/mol. The zero-order valence-electron chi connectivity index (χ0n) is 24.7. The minimum absolute atomic E-state index is 0.0784. The summed E-state index contributed by atoms with van der Waals surface area (Å²) in [7, 11) is 0. The molecule has 3 aliphatic rings. The molecule has 170 valence electrons. The highest BCUT2D eigenvalue weighted by Gasteiger charge is 2.50. The van der Waals surface area contributed by atoms with Gasteiger partial charge in [0.25, 0.3) is 0 Å². The molecule has 3 saturated carbocycles. The summed E-state index contributed by atoms with van der Waals surface area (Å²) in [6.07, 6.45) is 10.2. The molecular formula is C27H44O3. The summed E-state index contributed by atoms with van der Waals surface area (Å²) >= 11 is 0. The van der Waals surface area contributed by atoms with Crippen LogP contribution in [0.4, 0.5) is 0 Å². The third-order valence-corrected chi connectivity index (χ3v) is 8.29. The fraction of sp³-hybridized carbons (Fsp3) is 0.778. The second-order valence-electron chi connectivity index (χ2n) is 10.4. The van der Waals surface area contributed by atoms with E-state index < -0.39 is 25.4 Å². The van der Waals surface area contributed by atoms with Crippen molar-refractivity contribution in [3.63, 3.8) is 0 Å². The van der Waals surface area contributed by atoms with Crippen LogP contribution >= 0.6 is 0 Å². The molecule has 3 N–H and O–H groups in total. The van der Waals surface area contributed by atoms with Gasteiger partial charge in [0.1, 0.15) is 0 Å². The molecule has 6 atom stereocenters. The monoisotopic (exact) mass is 422 g/mol. The molecule has 3 fully saturated rings. The molecule has 0 bridgehead atoms. The first-order chi connectivity index (χ1) is 16.5. The molecule has 3 rings (SSSR count). The lowest BCUT2D eigenvalue weighted by atomic mass is 9.60. The molecule has 0 amide bonds. The number of hydrogen-bond acceptors (Lipinski definition) is 3. The van der Waals surface area contributed by atoms with Gasteiger partial charge >= 0.3 is 0 Å². The summed E-state index contributed by atoms with van der Waals surface area (Å²) in [6.45, 7) is 2.17. The van der Waals surface area contributed by atoms with Gasteiger partial charge in [0.2, 0.25) is 0 Å². The van der Waals surface area contributed by atoms with Crippen molar-refractivity contribution < 1.29 is 23.5 Å². The van der Waals surface area contributed by atoms with E-state index in [4.69, 9.17) is 8.22 Å². The summed E-state index contributed by atoms with van der Waals surface area (Å²) in [5, 5.41) is 31.2. The van der Waals surface area contributed by atoms with Crippen LogP contribution < -0.4 is 0 Å². The van der Waals surface area contributed by atoms with E-state index in [0.717, 1.165) is 56.1 Å². The standard InChI is InChI=1S/C27H44O3/c1-18-8-12-22(28)17-21(18)11-10-20-7-6-16-27(5)23(13-14-24(20)27)19(2)9-15-25(29)26(3,4)30/h10-11,19,22-25,28-30H,1,6-9,12-17H2,2-5H3/b20-10-,21-11+/t19?,22-,23?,24-,25+,27+/m0/s1/i3D3,4D3. The van der Waals surface area contributed by atoms with Gasteiger partial charge in [-0.2, -0.15) is 0 Å². The van der Waals surface area contributed by atoms with E-state index in [1.165, 1.54) is 5.57 Å². The second-order valence-corrected chi connectivity index (χ2v) is 10.4. The predicted octanol–water partition coefficient (Wildman–Crippen LogP) is 5.70. The maximum absolute atomic E-state index is 10.6. The van der Waals surface area contributed by atoms with Gasteiger partial charge in [-0.25, -0.2) is 0 Å². The van der Waals surface area contributed by atoms with Gasteiger partial charge in [0.15, 0.2) is 0 Å². The largest absolute Gasteiger partial charge is 0.393 e. The van der Waals surface area contributed by atoms with Gasteiger partial charge in [-0.05, 0) is 107 Å². The van der Waals surface area contributed by atoms with E-state index in [0.29, 0.717) is 24.7 Å². The van der Waals surface area contributed by atoms with Crippen molar-refractivity contribution in [1.29, 1.82) is 0 Å². The third kappa shape index (κ3) is 5.11. The Morgan fingerprint density at radius 1 is 1.23 bits per heavy atom. The summed E-state index contributed by atoms with van der Waals surface area (Å²) < 4.78 is 45.4. The fourth-order valence-corrected chi connectivity index (χ4v) is 6.44. The number of aliphatic hydroxyl groups is 3. The van der Waals surface area contributed by atoms with Gasteiger partial charge < -0.3 is 15.3 Å². The van der Waals surface area contributed by atoms with Crippen molar-refractivity contribution in [2.24, 2.45) is 23.2 Å². The topological polar surface area (TPSA) is 60.7 Å². The maximum atomic E-state index is 10.6. The average molecular weight is 423 g/mol. The van der Waals surface area contributed by atoms with Crippen LogP contribution in [-0.2, 0) is 0 Å². The Morgan fingerprint density at radius 3 is 2.73 bits per heavy atom. The lowest BCUT2D eigenvalue weighted by Gasteiger charge is -2.44. The molecule has 2 unspecified atom stereocenters. The van der Waals surface area contributed by atoms with Crippen LogP contribution in [0.1, 0.15) is 100.0 Å². The van der Waals surface area contributed by atoms with E-state index in [-0.39, 0.29) is 23.9 Å². The smallest absolute Gasteiger partial charge is 0.0849 e. The third-order valence-electron chi connectivity index (χ3n) is 8.29. The summed E-state index contributed by atoms with van der Waals surface area (Å²) in [4.78, 5) is 0. The highest BCUT2D eigenvalue weighted by atomic mass is 16.3. The Hall–Kier alpha value is -0.900. The van der Waals surface area contributed by atoms with Crippen LogP contribution in [-0.4, -0.2) is 33.1 Å². The van der Waals surface area contributed by atoms with Crippen molar-refractivity contribution in [1.82, 2.24) is 0 Å². The van der Waals surface area contributed by atoms with E-state index >= 15 is 0 Å². The summed E-state index contributed by atoms with van der Waals surface area (Å²) in [5.41, 5.74) is 0.633. The zero-order valence-corrected chi connectivity index (χ0v) is 18.7. The first-order valence-corrected chi connectivity index (χ1v) is 11.7. The predicted molar refractivity (Wildman–Crippen MR) is 124 cm³/mol. The molecule has 0 aromatic rings. The molecule has 0 aromatic carbocycles. The van der Waals surface area contributed by atoms with Crippen molar-refractivity contribution in [3.05, 3.63) is 35.5 Å². The maximum Gasteiger partial charge on any atom is 0.0849 e. The Morgan fingerprint density at radius 2 is 2.00 bits per heavy atom. The van der Waals surface area contributed by atoms with Gasteiger partial charge in [0, 0.05) is 8.22 Å². The Balaban J connectivity index is 1.71. The molecule has 3 aliphatic carbocycles. The number of allylic oxidation sites excluding steroid dienone is 4. The minimum Gasteiger partial charge on any atom is -0.393 e. The second kappa shape index (κ2) is 9.30. The first kappa shape index (κ1) is 16.7. The van der Waals surface area contributed by atoms with Crippen molar-refractivity contribution in [2.75, 3.05) is 0 Å². The van der Waals surface area contributed by atoms with Crippen LogP contribution in [0.25, 0.3) is 0 Å². The van der Waals surface area contributed by atoms with Crippen LogP contribution in [0, 0.1) is 23.2 Å². The Bertz CT molecular complexity index is 860. The molecule has 0 saturated heterocycles. The summed E-state index contributed by atoms with van der Waals surface area (Å²) in [6, 6.07) is 0. The SMILES string of the molecule is [2H]C([2H])([2H])C(O)([C@H](O)CCC(C)C1CC[C@H]2/C(=C\C=C3/C[C@@H](O)CCC3=C)CCC[C@]12C)C([2H])([2H])[2H]. The van der Waals surface area contributed by atoms with Gasteiger partial charge in [-0.1, -0.05) is 43.7 Å². The number of rotatable bonds is 6. The zero-order chi connectivity index (χ0) is 27.1. The van der Waals surface area contributed by atoms with Gasteiger partial charge in [-0.3, -0.25) is 0 Å². The van der Waals surface area contributed by atoms with E-state index in [1.54, 1.807) is 0 Å². The molecule has 0 aliphatic heterocycles. The fourth-order valence-electron chi connectivity index (χ4n) is 6.44. The van der Waals surface area contributed by atoms with Crippen LogP contribution in [0.5, 0.6) is 0 Å². The van der Waals surface area contributed by atoms with Crippen molar-refractivity contribution in [3.8, 4) is 0 Å². The van der Waals surface area contributed by atoms with Gasteiger partial charge in [-0.15, -0.1) is 0 Å². The molecule has 0 aromatic heterocycles. The Labute approximate surface area is 192 Å². The quantitative estimate of drug-likeness (QED) is 0.514. The van der Waals surface area contributed by atoms with Crippen molar-refractivity contribution in [2.45, 2.75) is 110 Å². The average Bonchev–Trinajstić information content (AvgIpc) is 3.13. The van der Waals surface area contributed by atoms with Crippen LogP contribution in [0.2, 0.25) is 0 Å². The first-order valence-electron chi connectivity index (χ1n) is 14.7.